The van der Waals surface area contributed by atoms with Crippen molar-refractivity contribution < 1.29 is 18.0 Å². The highest BCUT2D eigenvalue weighted by Gasteiger charge is 2.24. The van der Waals surface area contributed by atoms with Crippen LogP contribution in [-0.4, -0.2) is 33.3 Å². The van der Waals surface area contributed by atoms with E-state index in [9.17, 15) is 18.0 Å². The molecule has 0 aliphatic heterocycles. The van der Waals surface area contributed by atoms with E-state index in [2.05, 4.69) is 10.6 Å². The lowest BCUT2D eigenvalue weighted by Crippen LogP contribution is -2.33. The van der Waals surface area contributed by atoms with Gasteiger partial charge in [0.25, 0.3) is 21.8 Å². The summed E-state index contributed by atoms with van der Waals surface area (Å²) in [5.41, 5.74) is 2.46. The Morgan fingerprint density at radius 2 is 1.57 bits per heavy atom. The number of carbonyl (C=O) groups excluding carboxylic acids is 2. The van der Waals surface area contributed by atoms with Gasteiger partial charge in [-0.05, 0) is 62.2 Å². The fraction of sp³-hybridized carbons (Fsp3) is 0.259. The largest absolute Gasteiger partial charge is 0.349 e. The van der Waals surface area contributed by atoms with Gasteiger partial charge in [0.1, 0.15) is 0 Å². The van der Waals surface area contributed by atoms with Crippen molar-refractivity contribution in [2.45, 2.75) is 43.5 Å². The minimum absolute atomic E-state index is 0.000451. The maximum Gasteiger partial charge on any atom is 0.264 e. The number of anilines is 2. The summed E-state index contributed by atoms with van der Waals surface area (Å²) in [5, 5.41) is 5.80. The van der Waals surface area contributed by atoms with Crippen LogP contribution >= 0.6 is 0 Å². The van der Waals surface area contributed by atoms with Crippen LogP contribution in [0.25, 0.3) is 0 Å². The number of nitrogens with one attached hydrogen (secondary N) is 2. The normalized spacial score (nSPS) is 13.9. The van der Waals surface area contributed by atoms with Gasteiger partial charge in [0.05, 0.1) is 21.8 Å². The Morgan fingerprint density at radius 3 is 2.29 bits per heavy atom. The van der Waals surface area contributed by atoms with E-state index in [0.29, 0.717) is 16.9 Å². The van der Waals surface area contributed by atoms with Gasteiger partial charge in [0.15, 0.2) is 0 Å². The van der Waals surface area contributed by atoms with Crippen LogP contribution < -0.4 is 14.9 Å². The molecule has 0 saturated heterocycles. The van der Waals surface area contributed by atoms with E-state index in [0.717, 1.165) is 31.2 Å². The Labute approximate surface area is 206 Å². The lowest BCUT2D eigenvalue weighted by Gasteiger charge is -2.20. The second-order valence-corrected chi connectivity index (χ2v) is 10.8. The molecular weight excluding hydrogens is 462 g/mol. The zero-order chi connectivity index (χ0) is 25.0. The van der Waals surface area contributed by atoms with Crippen LogP contribution in [0.4, 0.5) is 11.4 Å². The third-order valence-electron chi connectivity index (χ3n) is 6.26. The minimum Gasteiger partial charge on any atom is -0.349 e. The van der Waals surface area contributed by atoms with Gasteiger partial charge in [-0.3, -0.25) is 13.9 Å². The number of carbonyl (C=O) groups is 2. The van der Waals surface area contributed by atoms with Gasteiger partial charge in [0, 0.05) is 18.7 Å². The number of hydrogen-bond acceptors (Lipinski definition) is 4. The predicted octanol–water partition coefficient (Wildman–Crippen LogP) is 4.74. The number of para-hydroxylation sites is 1. The van der Waals surface area contributed by atoms with Crippen LogP contribution in [0.2, 0.25) is 0 Å². The predicted molar refractivity (Wildman–Crippen MR) is 137 cm³/mol. The summed E-state index contributed by atoms with van der Waals surface area (Å²) in [6, 6.07) is 20.0. The number of hydrogen-bond donors (Lipinski definition) is 2. The van der Waals surface area contributed by atoms with Crippen LogP contribution in [-0.2, 0) is 10.0 Å². The van der Waals surface area contributed by atoms with E-state index < -0.39 is 15.9 Å². The Bertz CT molecular complexity index is 1330. The molecule has 1 saturated carbocycles. The summed E-state index contributed by atoms with van der Waals surface area (Å²) in [6.07, 6.45) is 4.11. The first-order valence-electron chi connectivity index (χ1n) is 11.6. The molecule has 0 radical (unpaired) electrons. The number of amides is 2. The third-order valence-corrected chi connectivity index (χ3v) is 8.04. The first-order valence-corrected chi connectivity index (χ1v) is 13.1. The molecule has 1 fully saturated rings. The van der Waals surface area contributed by atoms with Crippen LogP contribution in [0.5, 0.6) is 0 Å². The highest BCUT2D eigenvalue weighted by atomic mass is 32.2. The zero-order valence-electron chi connectivity index (χ0n) is 19.8. The maximum atomic E-state index is 13.2. The van der Waals surface area contributed by atoms with Gasteiger partial charge in [-0.1, -0.05) is 48.7 Å². The molecule has 3 aromatic carbocycles. The van der Waals surface area contributed by atoms with Crippen molar-refractivity contribution in [2.75, 3.05) is 16.7 Å². The molecule has 0 atom stereocenters. The van der Waals surface area contributed by atoms with Crippen LogP contribution in [0.1, 0.15) is 52.0 Å². The molecule has 0 bridgehead atoms. The fourth-order valence-corrected chi connectivity index (χ4v) is 5.41. The van der Waals surface area contributed by atoms with E-state index in [1.807, 2.05) is 19.1 Å². The average Bonchev–Trinajstić information content (AvgIpc) is 3.37. The molecule has 7 nitrogen and oxygen atoms in total. The van der Waals surface area contributed by atoms with Crippen molar-refractivity contribution in [3.05, 3.63) is 89.5 Å². The molecule has 1 aliphatic carbocycles. The van der Waals surface area contributed by atoms with Crippen LogP contribution in [0.3, 0.4) is 0 Å². The topological polar surface area (TPSA) is 95.6 Å². The van der Waals surface area contributed by atoms with Gasteiger partial charge in [-0.15, -0.1) is 0 Å². The monoisotopic (exact) mass is 491 g/mol. The van der Waals surface area contributed by atoms with Crippen molar-refractivity contribution in [2.24, 2.45) is 0 Å². The molecule has 8 heteroatoms. The molecule has 182 valence electrons. The first-order chi connectivity index (χ1) is 16.8. The molecule has 3 aromatic rings. The number of rotatable bonds is 7. The molecule has 0 spiro atoms. The molecule has 2 N–H and O–H groups in total. The van der Waals surface area contributed by atoms with E-state index in [1.165, 1.54) is 29.6 Å². The Balaban J connectivity index is 1.54. The lowest BCUT2D eigenvalue weighted by atomic mass is 10.1. The van der Waals surface area contributed by atoms with Gasteiger partial charge >= 0.3 is 0 Å². The summed E-state index contributed by atoms with van der Waals surface area (Å²) < 4.78 is 27.6. The second-order valence-electron chi connectivity index (χ2n) is 8.79. The highest BCUT2D eigenvalue weighted by Crippen LogP contribution is 2.24. The molecule has 4 rings (SSSR count). The molecule has 1 aliphatic rings. The SMILES string of the molecule is Cc1ccc(N(C)S(=O)(=O)c2cccc(C(=O)Nc3ccccc3C(=O)NC3CCCC3)c2)cc1. The van der Waals surface area contributed by atoms with Crippen molar-refractivity contribution >= 4 is 33.2 Å². The van der Waals surface area contributed by atoms with Crippen molar-refractivity contribution in [1.82, 2.24) is 5.32 Å². The molecule has 35 heavy (non-hydrogen) atoms. The molecule has 0 unspecified atom stereocenters. The summed E-state index contributed by atoms with van der Waals surface area (Å²) in [4.78, 5) is 25.8. The van der Waals surface area contributed by atoms with Crippen molar-refractivity contribution in [3.8, 4) is 0 Å². The maximum absolute atomic E-state index is 13.2. The number of sulfonamides is 1. The van der Waals surface area contributed by atoms with Crippen molar-refractivity contribution in [3.63, 3.8) is 0 Å². The third kappa shape index (κ3) is 5.54. The molecular formula is C27H29N3O4S. The summed E-state index contributed by atoms with van der Waals surface area (Å²) >= 11 is 0. The Kier molecular flexibility index (Phi) is 7.21. The van der Waals surface area contributed by atoms with Gasteiger partial charge in [-0.2, -0.15) is 0 Å². The van der Waals surface area contributed by atoms with Crippen molar-refractivity contribution in [1.29, 1.82) is 0 Å². The zero-order valence-corrected chi connectivity index (χ0v) is 20.6. The minimum atomic E-state index is -3.88. The van der Waals surface area contributed by atoms with E-state index in [1.54, 1.807) is 42.5 Å². The molecule has 2 amide bonds. The number of benzene rings is 3. The fourth-order valence-electron chi connectivity index (χ4n) is 4.17. The summed E-state index contributed by atoms with van der Waals surface area (Å²) in [6.45, 7) is 1.93. The van der Waals surface area contributed by atoms with Gasteiger partial charge in [-0.25, -0.2) is 8.42 Å². The summed E-state index contributed by atoms with van der Waals surface area (Å²) in [7, 11) is -2.40. The van der Waals surface area contributed by atoms with Crippen LogP contribution in [0.15, 0.2) is 77.7 Å². The second kappa shape index (κ2) is 10.3. The van der Waals surface area contributed by atoms with Crippen LogP contribution in [0, 0.1) is 6.92 Å². The lowest BCUT2D eigenvalue weighted by molar-refractivity contribution is 0.0938. The molecule has 0 aromatic heterocycles. The Morgan fingerprint density at radius 1 is 0.886 bits per heavy atom. The van der Waals surface area contributed by atoms with Gasteiger partial charge < -0.3 is 10.6 Å². The van der Waals surface area contributed by atoms with E-state index in [-0.39, 0.29) is 22.4 Å². The summed E-state index contributed by atoms with van der Waals surface area (Å²) in [5.74, 6) is -0.731. The quantitative estimate of drug-likeness (QED) is 0.499. The number of nitrogens with zero attached hydrogens (tertiary/aromatic N) is 1. The van der Waals surface area contributed by atoms with Gasteiger partial charge in [0.2, 0.25) is 0 Å². The van der Waals surface area contributed by atoms with E-state index >= 15 is 0 Å². The smallest absolute Gasteiger partial charge is 0.264 e. The first kappa shape index (κ1) is 24.5. The van der Waals surface area contributed by atoms with E-state index in [4.69, 9.17) is 0 Å². The number of aryl methyl sites for hydroxylation is 1. The Hall–Kier alpha value is -3.65. The average molecular weight is 492 g/mol. The molecule has 0 heterocycles. The standard InChI is InChI=1S/C27H29N3O4S/c1-19-14-16-22(17-15-19)30(2)35(33,34)23-11-7-8-20(18-23)26(31)29-25-13-6-5-12-24(25)27(32)28-21-9-3-4-10-21/h5-8,11-18,21H,3-4,9-10H2,1-2H3,(H,28,32)(H,29,31). The highest BCUT2D eigenvalue weighted by molar-refractivity contribution is 7.92.